The fourth-order valence-electron chi connectivity index (χ4n) is 2.17. The van der Waals surface area contributed by atoms with Crippen molar-refractivity contribution in [2.24, 2.45) is 10.4 Å². The third-order valence-corrected chi connectivity index (χ3v) is 3.75. The average Bonchev–Trinajstić information content (AvgIpc) is 3.28. The Labute approximate surface area is 172 Å². The van der Waals surface area contributed by atoms with Crippen molar-refractivity contribution >= 4 is 6.21 Å². The number of oxazole rings is 1. The van der Waals surface area contributed by atoms with Crippen LogP contribution < -0.4 is 0 Å². The molecule has 0 bridgehead atoms. The zero-order valence-corrected chi connectivity index (χ0v) is 18.5. The Morgan fingerprint density at radius 1 is 0.821 bits per heavy atom. The van der Waals surface area contributed by atoms with Gasteiger partial charge >= 0.3 is 0 Å². The summed E-state index contributed by atoms with van der Waals surface area (Å²) in [6, 6.07) is 3.92. The number of aliphatic imine (C=N–C) groups is 1. The molecule has 0 saturated carbocycles. The monoisotopic (exact) mass is 388 g/mol. The summed E-state index contributed by atoms with van der Waals surface area (Å²) < 4.78 is 10.3. The molecule has 3 rings (SSSR count). The largest absolute Gasteiger partial charge is 0.469 e. The van der Waals surface area contributed by atoms with E-state index in [1.165, 1.54) is 5.70 Å². The van der Waals surface area contributed by atoms with E-state index in [0.717, 1.165) is 18.1 Å². The van der Waals surface area contributed by atoms with Crippen molar-refractivity contribution < 1.29 is 8.83 Å². The first-order valence-electron chi connectivity index (χ1n) is 9.49. The Bertz CT molecular complexity index is 658. The van der Waals surface area contributed by atoms with Gasteiger partial charge in [-0.15, -0.1) is 0 Å². The van der Waals surface area contributed by atoms with Gasteiger partial charge in [0, 0.05) is 34.6 Å². The number of hydrogen-bond donors (Lipinski definition) is 0. The average molecular weight is 389 g/mol. The molecule has 0 atom stereocenters. The van der Waals surface area contributed by atoms with E-state index >= 15 is 0 Å². The van der Waals surface area contributed by atoms with E-state index < -0.39 is 0 Å². The number of furan rings is 1. The van der Waals surface area contributed by atoms with Crippen molar-refractivity contribution in [3.8, 4) is 0 Å². The minimum Gasteiger partial charge on any atom is -0.469 e. The van der Waals surface area contributed by atoms with Crippen LogP contribution in [0.15, 0.2) is 56.5 Å². The lowest BCUT2D eigenvalue weighted by Crippen LogP contribution is -2.10. The summed E-state index contributed by atoms with van der Waals surface area (Å²) in [7, 11) is 0. The van der Waals surface area contributed by atoms with Crippen LogP contribution >= 0.6 is 0 Å². The molecule has 28 heavy (non-hydrogen) atoms. The van der Waals surface area contributed by atoms with Crippen LogP contribution in [-0.4, -0.2) is 11.2 Å². The molecule has 0 unspecified atom stereocenters. The summed E-state index contributed by atoms with van der Waals surface area (Å²) in [6.45, 7) is 19.1. The summed E-state index contributed by atoms with van der Waals surface area (Å²) in [4.78, 5) is 8.26. The van der Waals surface area contributed by atoms with Gasteiger partial charge in [0.1, 0.15) is 12.0 Å². The topological polar surface area (TPSA) is 51.5 Å². The van der Waals surface area contributed by atoms with Gasteiger partial charge in [0.2, 0.25) is 0 Å². The van der Waals surface area contributed by atoms with Gasteiger partial charge in [-0.2, -0.15) is 0 Å². The summed E-state index contributed by atoms with van der Waals surface area (Å²) >= 11 is 0. The molecule has 0 fully saturated rings. The van der Waals surface area contributed by atoms with Gasteiger partial charge in [-0.3, -0.25) is 4.99 Å². The number of allylic oxidation sites excluding steroid dienone is 2. The number of aromatic nitrogens is 1. The van der Waals surface area contributed by atoms with Gasteiger partial charge in [-0.05, 0) is 12.1 Å². The molecular formula is C24H40N2O2. The lowest BCUT2D eigenvalue weighted by Gasteiger charge is -2.16. The number of rotatable bonds is 0. The molecule has 0 spiro atoms. The molecule has 1 aliphatic heterocycles. The van der Waals surface area contributed by atoms with Crippen LogP contribution in [0.4, 0.5) is 0 Å². The predicted octanol–water partition coefficient (Wildman–Crippen LogP) is 7.58. The smallest absolute Gasteiger partial charge is 0.199 e. The molecule has 0 aromatic carbocycles. The molecule has 4 nitrogen and oxygen atoms in total. The second-order valence-electron chi connectivity index (χ2n) is 9.70. The molecule has 0 N–H and O–H groups in total. The van der Waals surface area contributed by atoms with Gasteiger partial charge in [-0.1, -0.05) is 75.8 Å². The molecule has 2 aromatic rings. The van der Waals surface area contributed by atoms with E-state index in [1.807, 2.05) is 18.3 Å². The SMILES string of the molecule is C.CC(C)(C)C1=CCC=N1.CC(C)(C)c1ccco1.CC(C)(C)c1ncco1. The van der Waals surface area contributed by atoms with Crippen LogP contribution in [0.1, 0.15) is 87.8 Å². The highest BCUT2D eigenvalue weighted by molar-refractivity contribution is 5.65. The molecule has 4 heteroatoms. The van der Waals surface area contributed by atoms with E-state index in [0.29, 0.717) is 0 Å². The zero-order valence-electron chi connectivity index (χ0n) is 18.5. The maximum atomic E-state index is 5.20. The normalized spacial score (nSPS) is 13.5. The molecular weight excluding hydrogens is 348 g/mol. The van der Waals surface area contributed by atoms with Gasteiger partial charge in [0.15, 0.2) is 5.89 Å². The van der Waals surface area contributed by atoms with Crippen LogP contribution in [0, 0.1) is 5.41 Å². The van der Waals surface area contributed by atoms with Crippen LogP contribution in [0.3, 0.4) is 0 Å². The summed E-state index contributed by atoms with van der Waals surface area (Å²) in [6.07, 6.45) is 10.1. The molecule has 0 amide bonds. The van der Waals surface area contributed by atoms with Crippen molar-refractivity contribution in [3.63, 3.8) is 0 Å². The first-order valence-corrected chi connectivity index (χ1v) is 9.49. The van der Waals surface area contributed by atoms with Gasteiger partial charge in [-0.25, -0.2) is 4.98 Å². The quantitative estimate of drug-likeness (QED) is 0.467. The minimum atomic E-state index is 0. The van der Waals surface area contributed by atoms with E-state index in [9.17, 15) is 0 Å². The van der Waals surface area contributed by atoms with Crippen LogP contribution in [0.5, 0.6) is 0 Å². The second kappa shape index (κ2) is 10.4. The van der Waals surface area contributed by atoms with Crippen molar-refractivity contribution in [1.82, 2.24) is 4.98 Å². The first-order chi connectivity index (χ1) is 12.3. The Morgan fingerprint density at radius 2 is 1.46 bits per heavy atom. The third kappa shape index (κ3) is 9.20. The van der Waals surface area contributed by atoms with Gasteiger partial charge < -0.3 is 8.83 Å². The lowest BCUT2D eigenvalue weighted by atomic mass is 9.92. The molecule has 2 aromatic heterocycles. The Hall–Kier alpha value is -2.10. The number of hydrogen-bond acceptors (Lipinski definition) is 4. The fraction of sp³-hybridized carbons (Fsp3) is 0.583. The van der Waals surface area contributed by atoms with E-state index in [-0.39, 0.29) is 23.7 Å². The van der Waals surface area contributed by atoms with Crippen molar-refractivity contribution in [2.75, 3.05) is 0 Å². The molecule has 1 aliphatic rings. The molecule has 0 radical (unpaired) electrons. The second-order valence-corrected chi connectivity index (χ2v) is 9.70. The van der Waals surface area contributed by atoms with Gasteiger partial charge in [0.05, 0.1) is 12.5 Å². The van der Waals surface area contributed by atoms with Crippen molar-refractivity contribution in [2.45, 2.75) is 87.0 Å². The summed E-state index contributed by atoms with van der Waals surface area (Å²) in [5.74, 6) is 1.84. The van der Waals surface area contributed by atoms with Crippen LogP contribution in [0.25, 0.3) is 0 Å². The highest BCUT2D eigenvalue weighted by atomic mass is 16.3. The molecule has 0 aliphatic carbocycles. The fourth-order valence-corrected chi connectivity index (χ4v) is 2.17. The first kappa shape index (κ1) is 25.9. The number of nitrogens with zero attached hydrogens (tertiary/aromatic N) is 2. The van der Waals surface area contributed by atoms with Crippen LogP contribution in [0.2, 0.25) is 0 Å². The Balaban J connectivity index is 0.000000384. The summed E-state index contributed by atoms with van der Waals surface area (Å²) in [5, 5.41) is 0. The standard InChI is InChI=1S/C8H13N.C8H12O.C7H11NO.CH4/c2*1-8(2,3)7-5-4-6-9-7;1-7(2,3)6-8-4-5-9-6;/h5-6H,4H2,1-3H3;4-6H,1-3H3;4-5H,1-3H3;1H4. The van der Waals surface area contributed by atoms with Crippen molar-refractivity contribution in [3.05, 3.63) is 54.3 Å². The summed E-state index contributed by atoms with van der Waals surface area (Å²) in [5.41, 5.74) is 1.67. The maximum Gasteiger partial charge on any atom is 0.199 e. The van der Waals surface area contributed by atoms with Crippen molar-refractivity contribution in [1.29, 1.82) is 0 Å². The van der Waals surface area contributed by atoms with E-state index in [2.05, 4.69) is 78.4 Å². The minimum absolute atomic E-state index is 0. The van der Waals surface area contributed by atoms with E-state index in [1.54, 1.807) is 18.7 Å². The predicted molar refractivity (Wildman–Crippen MR) is 120 cm³/mol. The van der Waals surface area contributed by atoms with E-state index in [4.69, 9.17) is 8.83 Å². The van der Waals surface area contributed by atoms with Crippen LogP contribution in [-0.2, 0) is 10.8 Å². The maximum absolute atomic E-state index is 5.20. The molecule has 0 saturated heterocycles. The molecule has 158 valence electrons. The molecule has 3 heterocycles. The lowest BCUT2D eigenvalue weighted by molar-refractivity contribution is 0.392. The zero-order chi connectivity index (χ0) is 20.7. The Morgan fingerprint density at radius 3 is 1.68 bits per heavy atom. The van der Waals surface area contributed by atoms with Gasteiger partial charge in [0.25, 0.3) is 0 Å². The third-order valence-electron chi connectivity index (χ3n) is 3.75. The highest BCUT2D eigenvalue weighted by Gasteiger charge is 2.18. The Kier molecular flexibility index (Phi) is 9.66. The highest BCUT2D eigenvalue weighted by Crippen LogP contribution is 2.28.